The van der Waals surface area contributed by atoms with E-state index in [1.165, 1.54) is 24.3 Å². The highest BCUT2D eigenvalue weighted by atomic mass is 32.2. The predicted octanol–water partition coefficient (Wildman–Crippen LogP) is 2.37. The number of rotatable bonds is 7. The summed E-state index contributed by atoms with van der Waals surface area (Å²) in [5.74, 6) is -0.643. The fourth-order valence-electron chi connectivity index (χ4n) is 2.79. The number of aromatic nitrogens is 1. The van der Waals surface area contributed by atoms with Crippen LogP contribution in [0.15, 0.2) is 40.5 Å². The molecule has 1 N–H and O–H groups in total. The Morgan fingerprint density at radius 3 is 2.62 bits per heavy atom. The summed E-state index contributed by atoms with van der Waals surface area (Å²) in [6.45, 7) is 0.919. The van der Waals surface area contributed by atoms with E-state index in [9.17, 15) is 17.6 Å². The van der Waals surface area contributed by atoms with Crippen LogP contribution in [-0.2, 0) is 24.2 Å². The van der Waals surface area contributed by atoms with Crippen molar-refractivity contribution in [3.63, 3.8) is 0 Å². The van der Waals surface area contributed by atoms with E-state index in [1.807, 2.05) is 0 Å². The van der Waals surface area contributed by atoms with Gasteiger partial charge in [0.1, 0.15) is 0 Å². The number of nitrogens with one attached hydrogen (secondary N) is 1. The lowest BCUT2D eigenvalue weighted by molar-refractivity contribution is -0.110. The Hall–Kier alpha value is -2.37. The number of anilines is 1. The van der Waals surface area contributed by atoms with Gasteiger partial charge < -0.3 is 9.57 Å². The van der Waals surface area contributed by atoms with E-state index in [1.54, 1.807) is 0 Å². The number of hydrogen-bond acceptors (Lipinski definition) is 8. The van der Waals surface area contributed by atoms with Gasteiger partial charge in [0.25, 0.3) is 5.91 Å². The summed E-state index contributed by atoms with van der Waals surface area (Å²) in [6, 6.07) is 5.91. The summed E-state index contributed by atoms with van der Waals surface area (Å²) in [5, 5.41) is 5.68. The number of amides is 1. The first kappa shape index (κ1) is 19.9. The number of oxime groups is 1. The Balaban J connectivity index is 1.58. The molecular formula is C18H18FN3O5S2. The first-order valence-corrected chi connectivity index (χ1v) is 11.4. The first-order valence-electron chi connectivity index (χ1n) is 9.02. The highest BCUT2D eigenvalue weighted by Crippen LogP contribution is 2.33. The number of nitrogens with zero attached hydrogens (tertiary/aromatic N) is 2. The first-order chi connectivity index (χ1) is 13.9. The van der Waals surface area contributed by atoms with Gasteiger partial charge in [0.2, 0.25) is 0 Å². The lowest BCUT2D eigenvalue weighted by Crippen LogP contribution is -2.25. The lowest BCUT2D eigenvalue weighted by Gasteiger charge is -2.10. The summed E-state index contributed by atoms with van der Waals surface area (Å²) in [6.07, 6.45) is 2.71. The highest BCUT2D eigenvalue weighted by molar-refractivity contribution is 7.92. The third-order valence-electron chi connectivity index (χ3n) is 4.51. The van der Waals surface area contributed by atoms with Crippen LogP contribution in [0.2, 0.25) is 0 Å². The molecule has 1 aromatic carbocycles. The molecule has 1 atom stereocenters. The van der Waals surface area contributed by atoms with Crippen molar-refractivity contribution in [1.82, 2.24) is 4.98 Å². The van der Waals surface area contributed by atoms with Gasteiger partial charge in [-0.05, 0) is 25.0 Å². The Morgan fingerprint density at radius 1 is 1.28 bits per heavy atom. The average molecular weight is 439 g/mol. The second-order valence-electron chi connectivity index (χ2n) is 6.72. The Bertz CT molecular complexity index is 1030. The van der Waals surface area contributed by atoms with Gasteiger partial charge in [-0.3, -0.25) is 10.1 Å². The van der Waals surface area contributed by atoms with Crippen LogP contribution >= 0.6 is 11.3 Å². The lowest BCUT2D eigenvalue weighted by atomic mass is 10.1. The van der Waals surface area contributed by atoms with Crippen LogP contribution in [-0.4, -0.2) is 49.6 Å². The monoisotopic (exact) mass is 439 g/mol. The molecule has 8 nitrogen and oxygen atoms in total. The van der Waals surface area contributed by atoms with E-state index < -0.39 is 20.9 Å². The van der Waals surface area contributed by atoms with Gasteiger partial charge in [-0.1, -0.05) is 28.6 Å². The zero-order chi connectivity index (χ0) is 20.4. The maximum absolute atomic E-state index is 13.2. The van der Waals surface area contributed by atoms with Gasteiger partial charge in [0.05, 0.1) is 29.6 Å². The molecule has 1 aromatic heterocycles. The summed E-state index contributed by atoms with van der Waals surface area (Å²) >= 11 is 0.683. The molecule has 1 saturated heterocycles. The van der Waals surface area contributed by atoms with Gasteiger partial charge in [-0.2, -0.15) is 4.39 Å². The molecule has 2 fully saturated rings. The van der Waals surface area contributed by atoms with Crippen LogP contribution in [0.25, 0.3) is 0 Å². The summed E-state index contributed by atoms with van der Waals surface area (Å²) in [5.41, 5.74) is 0.302. The third kappa shape index (κ3) is 4.62. The van der Waals surface area contributed by atoms with Crippen LogP contribution in [0.4, 0.5) is 9.52 Å². The van der Waals surface area contributed by atoms with Gasteiger partial charge in [-0.25, -0.2) is 13.4 Å². The van der Waals surface area contributed by atoms with Crippen molar-refractivity contribution in [3.05, 3.63) is 41.2 Å². The number of benzene rings is 1. The van der Waals surface area contributed by atoms with Crippen LogP contribution in [0.3, 0.4) is 0 Å². The van der Waals surface area contributed by atoms with Gasteiger partial charge >= 0.3 is 0 Å². The molecule has 2 aliphatic rings. The van der Waals surface area contributed by atoms with Crippen LogP contribution in [0, 0.1) is 5.13 Å². The van der Waals surface area contributed by atoms with Crippen LogP contribution < -0.4 is 5.32 Å². The standard InChI is InChI=1S/C18H18FN3O5S2/c19-15-9-20-18(28-15)21-17(23)16(22-27-12-7-8-26-10-12)11-1-3-13(4-2-11)29(24,25)14-5-6-14/h1-4,9,12,14H,5-8,10H2,(H,20,21,23)/t12-/m0/s1. The number of sulfone groups is 1. The minimum atomic E-state index is -3.34. The van der Waals surface area contributed by atoms with Gasteiger partial charge in [0, 0.05) is 12.0 Å². The minimum absolute atomic E-state index is 0.0668. The molecule has 1 aliphatic heterocycles. The summed E-state index contributed by atoms with van der Waals surface area (Å²) in [4.78, 5) is 22.1. The topological polar surface area (TPSA) is 107 Å². The second kappa shape index (κ2) is 8.17. The van der Waals surface area contributed by atoms with Crippen molar-refractivity contribution in [2.24, 2.45) is 5.16 Å². The molecule has 1 aliphatic carbocycles. The molecule has 1 saturated carbocycles. The number of halogens is 1. The maximum atomic E-state index is 13.2. The van der Waals surface area contributed by atoms with E-state index >= 15 is 0 Å². The van der Waals surface area contributed by atoms with Crippen LogP contribution in [0.5, 0.6) is 0 Å². The van der Waals surface area contributed by atoms with Gasteiger partial charge in [0.15, 0.2) is 31.9 Å². The smallest absolute Gasteiger partial charge is 0.280 e. The molecule has 2 heterocycles. The molecule has 0 unspecified atom stereocenters. The average Bonchev–Trinajstić information content (AvgIpc) is 3.31. The van der Waals surface area contributed by atoms with E-state index in [0.29, 0.717) is 49.4 Å². The van der Waals surface area contributed by atoms with E-state index in [0.717, 1.165) is 6.20 Å². The van der Waals surface area contributed by atoms with Crippen molar-refractivity contribution in [2.75, 3.05) is 18.5 Å². The zero-order valence-corrected chi connectivity index (χ0v) is 16.8. The zero-order valence-electron chi connectivity index (χ0n) is 15.2. The van der Waals surface area contributed by atoms with E-state index in [2.05, 4.69) is 15.5 Å². The van der Waals surface area contributed by atoms with Crippen molar-refractivity contribution in [3.8, 4) is 0 Å². The van der Waals surface area contributed by atoms with E-state index in [-0.39, 0.29) is 27.1 Å². The quantitative estimate of drug-likeness (QED) is 0.524. The van der Waals surface area contributed by atoms with Gasteiger partial charge in [-0.15, -0.1) is 0 Å². The normalized spacial score (nSPS) is 19.9. The number of carbonyl (C=O) groups is 1. The van der Waals surface area contributed by atoms with Crippen molar-refractivity contribution < 1.29 is 27.2 Å². The highest BCUT2D eigenvalue weighted by Gasteiger charge is 2.36. The Kier molecular flexibility index (Phi) is 5.61. The summed E-state index contributed by atoms with van der Waals surface area (Å²) in [7, 11) is -3.34. The second-order valence-corrected chi connectivity index (χ2v) is 9.93. The SMILES string of the molecule is O=C(Nc1ncc(F)s1)C(=NO[C@H]1CCOC1)c1ccc(S(=O)(=O)C2CC2)cc1. The molecule has 0 spiro atoms. The fraction of sp³-hybridized carbons (Fsp3) is 0.389. The van der Waals surface area contributed by atoms with Crippen LogP contribution in [0.1, 0.15) is 24.8 Å². The number of ether oxygens (including phenoxy) is 1. The van der Waals surface area contributed by atoms with Crippen molar-refractivity contribution in [1.29, 1.82) is 0 Å². The number of hydrogen-bond donors (Lipinski definition) is 1. The molecule has 0 bridgehead atoms. The third-order valence-corrected chi connectivity index (χ3v) is 7.49. The molecule has 0 radical (unpaired) electrons. The molecule has 4 rings (SSSR count). The van der Waals surface area contributed by atoms with E-state index in [4.69, 9.17) is 9.57 Å². The predicted molar refractivity (Wildman–Crippen MR) is 104 cm³/mol. The largest absolute Gasteiger partial charge is 0.389 e. The maximum Gasteiger partial charge on any atom is 0.280 e. The molecular weight excluding hydrogens is 421 g/mol. The number of carbonyl (C=O) groups excluding carboxylic acids is 1. The van der Waals surface area contributed by atoms with Crippen molar-refractivity contribution in [2.45, 2.75) is 35.5 Å². The number of thiazole rings is 1. The minimum Gasteiger partial charge on any atom is -0.389 e. The molecule has 11 heteroatoms. The molecule has 154 valence electrons. The molecule has 2 aromatic rings. The fourth-order valence-corrected chi connectivity index (χ4v) is 4.99. The molecule has 1 amide bonds. The Labute approximate surface area is 170 Å². The molecule has 29 heavy (non-hydrogen) atoms. The summed E-state index contributed by atoms with van der Waals surface area (Å²) < 4.78 is 43.1. The van der Waals surface area contributed by atoms with Crippen molar-refractivity contribution >= 4 is 37.9 Å². The Morgan fingerprint density at radius 2 is 2.03 bits per heavy atom.